The summed E-state index contributed by atoms with van der Waals surface area (Å²) in [6.07, 6.45) is 9.66. The van der Waals surface area contributed by atoms with E-state index in [1.807, 2.05) is 24.3 Å². The molecule has 1 aromatic carbocycles. The van der Waals surface area contributed by atoms with E-state index in [1.165, 1.54) is 38.8 Å². The summed E-state index contributed by atoms with van der Waals surface area (Å²) < 4.78 is 12.0. The fourth-order valence-corrected chi connectivity index (χ4v) is 4.21. The molecule has 1 saturated carbocycles. The summed E-state index contributed by atoms with van der Waals surface area (Å²) in [6.45, 7) is 6.80. The average molecular weight is 389 g/mol. The van der Waals surface area contributed by atoms with Crippen molar-refractivity contribution in [3.8, 4) is 5.75 Å². The van der Waals surface area contributed by atoms with Crippen LogP contribution in [-0.2, 0) is 9.53 Å². The fraction of sp³-hybridized carbons (Fsp3) is 0.696. The standard InChI is InChI=1S/C23H36N2O3/c1-2-18-28-23(13-5-3-4-6-14-23)22(26)24-20-9-11-21(12-10-20)27-19-17-25-15-7-8-16-25/h9-12H,2-8,13-19H2,1H3,(H,24,26). The van der Waals surface area contributed by atoms with Crippen molar-refractivity contribution in [3.05, 3.63) is 24.3 Å². The molecule has 28 heavy (non-hydrogen) atoms. The normalized spacial score (nSPS) is 19.9. The highest BCUT2D eigenvalue weighted by Crippen LogP contribution is 2.32. The Kier molecular flexibility index (Phi) is 8.16. The number of anilines is 1. The van der Waals surface area contributed by atoms with Crippen molar-refractivity contribution in [3.63, 3.8) is 0 Å². The van der Waals surface area contributed by atoms with E-state index in [4.69, 9.17) is 9.47 Å². The van der Waals surface area contributed by atoms with E-state index in [1.54, 1.807) is 0 Å². The van der Waals surface area contributed by atoms with Gasteiger partial charge in [-0.1, -0.05) is 32.6 Å². The molecule has 0 atom stereocenters. The number of carbonyl (C=O) groups excluding carboxylic acids is 1. The van der Waals surface area contributed by atoms with Crippen molar-refractivity contribution >= 4 is 11.6 Å². The highest BCUT2D eigenvalue weighted by atomic mass is 16.5. The summed E-state index contributed by atoms with van der Waals surface area (Å²) in [5.74, 6) is 0.856. The van der Waals surface area contributed by atoms with Gasteiger partial charge in [-0.05, 0) is 69.5 Å². The maximum Gasteiger partial charge on any atom is 0.256 e. The van der Waals surface area contributed by atoms with E-state index in [0.29, 0.717) is 13.2 Å². The molecule has 1 aliphatic carbocycles. The maximum atomic E-state index is 13.1. The molecule has 1 saturated heterocycles. The van der Waals surface area contributed by atoms with Crippen molar-refractivity contribution in [2.45, 2.75) is 70.3 Å². The number of rotatable bonds is 9. The molecule has 0 unspecified atom stereocenters. The van der Waals surface area contributed by atoms with Gasteiger partial charge >= 0.3 is 0 Å². The number of hydrogen-bond donors (Lipinski definition) is 1. The fourth-order valence-electron chi connectivity index (χ4n) is 4.21. The van der Waals surface area contributed by atoms with Crippen LogP contribution in [0.4, 0.5) is 5.69 Å². The molecular formula is C23H36N2O3. The molecule has 3 rings (SSSR count). The van der Waals surface area contributed by atoms with Crippen LogP contribution in [0.3, 0.4) is 0 Å². The van der Waals surface area contributed by atoms with Crippen molar-refractivity contribution < 1.29 is 14.3 Å². The lowest BCUT2D eigenvalue weighted by Crippen LogP contribution is -2.45. The number of nitrogens with zero attached hydrogens (tertiary/aromatic N) is 1. The van der Waals surface area contributed by atoms with Gasteiger partial charge in [-0.25, -0.2) is 0 Å². The van der Waals surface area contributed by atoms with E-state index >= 15 is 0 Å². The molecule has 1 amide bonds. The lowest BCUT2D eigenvalue weighted by atomic mass is 9.92. The van der Waals surface area contributed by atoms with Gasteiger partial charge in [0.1, 0.15) is 18.0 Å². The van der Waals surface area contributed by atoms with E-state index in [9.17, 15) is 4.79 Å². The Labute approximate surface area is 169 Å². The van der Waals surface area contributed by atoms with Gasteiger partial charge in [-0.2, -0.15) is 0 Å². The number of amides is 1. The van der Waals surface area contributed by atoms with Crippen LogP contribution in [0.15, 0.2) is 24.3 Å². The molecule has 5 nitrogen and oxygen atoms in total. The minimum Gasteiger partial charge on any atom is -0.492 e. The number of benzene rings is 1. The van der Waals surface area contributed by atoms with Crippen molar-refractivity contribution in [2.75, 3.05) is 38.2 Å². The van der Waals surface area contributed by atoms with E-state index in [2.05, 4.69) is 17.1 Å². The molecule has 0 aromatic heterocycles. The average Bonchev–Trinajstić information content (AvgIpc) is 3.11. The van der Waals surface area contributed by atoms with Crippen LogP contribution in [0.2, 0.25) is 0 Å². The molecule has 2 aliphatic rings. The molecule has 5 heteroatoms. The second-order valence-corrected chi connectivity index (χ2v) is 8.13. The van der Waals surface area contributed by atoms with Gasteiger partial charge in [-0.15, -0.1) is 0 Å². The first kappa shape index (κ1) is 21.1. The molecule has 1 heterocycles. The minimum atomic E-state index is -0.669. The Bertz CT molecular complexity index is 588. The zero-order valence-corrected chi connectivity index (χ0v) is 17.4. The van der Waals surface area contributed by atoms with Crippen molar-refractivity contribution in [1.82, 2.24) is 4.90 Å². The van der Waals surface area contributed by atoms with Crippen LogP contribution < -0.4 is 10.1 Å². The quantitative estimate of drug-likeness (QED) is 0.627. The summed E-state index contributed by atoms with van der Waals surface area (Å²) >= 11 is 0. The third-order valence-electron chi connectivity index (χ3n) is 5.89. The summed E-state index contributed by atoms with van der Waals surface area (Å²) in [6, 6.07) is 7.72. The van der Waals surface area contributed by atoms with Crippen LogP contribution in [0.1, 0.15) is 64.7 Å². The molecule has 0 bridgehead atoms. The first-order valence-corrected chi connectivity index (χ1v) is 11.1. The number of hydrogen-bond acceptors (Lipinski definition) is 4. The van der Waals surface area contributed by atoms with Gasteiger partial charge in [0.05, 0.1) is 0 Å². The Morgan fingerprint density at radius 1 is 1.00 bits per heavy atom. The van der Waals surface area contributed by atoms with E-state index in [0.717, 1.165) is 50.1 Å². The molecule has 0 radical (unpaired) electrons. The van der Waals surface area contributed by atoms with Crippen molar-refractivity contribution in [1.29, 1.82) is 0 Å². The van der Waals surface area contributed by atoms with Gasteiger partial charge < -0.3 is 14.8 Å². The third kappa shape index (κ3) is 5.95. The molecule has 156 valence electrons. The van der Waals surface area contributed by atoms with Gasteiger partial charge in [0.2, 0.25) is 0 Å². The number of likely N-dealkylation sites (tertiary alicyclic amines) is 1. The number of ether oxygens (including phenoxy) is 2. The molecule has 2 fully saturated rings. The monoisotopic (exact) mass is 388 g/mol. The predicted octanol–water partition coefficient (Wildman–Crippen LogP) is 4.62. The Morgan fingerprint density at radius 2 is 1.68 bits per heavy atom. The van der Waals surface area contributed by atoms with Crippen LogP contribution in [-0.4, -0.2) is 49.3 Å². The predicted molar refractivity (Wildman–Crippen MR) is 113 cm³/mol. The van der Waals surface area contributed by atoms with Crippen LogP contribution in [0.5, 0.6) is 5.75 Å². The van der Waals surface area contributed by atoms with E-state index in [-0.39, 0.29) is 5.91 Å². The molecular weight excluding hydrogens is 352 g/mol. The molecule has 1 aliphatic heterocycles. The van der Waals surface area contributed by atoms with Gasteiger partial charge in [-0.3, -0.25) is 9.69 Å². The Morgan fingerprint density at radius 3 is 2.32 bits per heavy atom. The van der Waals surface area contributed by atoms with E-state index < -0.39 is 5.60 Å². The highest BCUT2D eigenvalue weighted by molar-refractivity contribution is 5.97. The second-order valence-electron chi connectivity index (χ2n) is 8.13. The Hall–Kier alpha value is -1.59. The van der Waals surface area contributed by atoms with Gasteiger partial charge in [0.15, 0.2) is 0 Å². The van der Waals surface area contributed by atoms with Crippen LogP contribution in [0.25, 0.3) is 0 Å². The maximum absolute atomic E-state index is 13.1. The number of nitrogens with one attached hydrogen (secondary N) is 1. The largest absolute Gasteiger partial charge is 0.492 e. The number of carbonyl (C=O) groups is 1. The van der Waals surface area contributed by atoms with Gasteiger partial charge in [0, 0.05) is 18.8 Å². The zero-order chi connectivity index (χ0) is 19.7. The summed E-state index contributed by atoms with van der Waals surface area (Å²) in [5, 5.41) is 3.09. The zero-order valence-electron chi connectivity index (χ0n) is 17.4. The lowest BCUT2D eigenvalue weighted by Gasteiger charge is -2.31. The third-order valence-corrected chi connectivity index (χ3v) is 5.89. The smallest absolute Gasteiger partial charge is 0.256 e. The Balaban J connectivity index is 1.52. The summed E-state index contributed by atoms with van der Waals surface area (Å²) in [4.78, 5) is 15.5. The minimum absolute atomic E-state index is 0.00514. The van der Waals surface area contributed by atoms with Crippen LogP contribution >= 0.6 is 0 Å². The molecule has 0 spiro atoms. The molecule has 1 aromatic rings. The second kappa shape index (κ2) is 10.8. The van der Waals surface area contributed by atoms with Crippen LogP contribution in [0, 0.1) is 0 Å². The first-order valence-electron chi connectivity index (χ1n) is 11.1. The first-order chi connectivity index (χ1) is 13.7. The molecule has 1 N–H and O–H groups in total. The SMILES string of the molecule is CCCOC1(C(=O)Nc2ccc(OCCN3CCCC3)cc2)CCCCCC1. The summed E-state index contributed by atoms with van der Waals surface area (Å²) in [5.41, 5.74) is 0.137. The highest BCUT2D eigenvalue weighted by Gasteiger charge is 2.39. The van der Waals surface area contributed by atoms with Crippen molar-refractivity contribution in [2.24, 2.45) is 0 Å². The topological polar surface area (TPSA) is 50.8 Å². The van der Waals surface area contributed by atoms with Gasteiger partial charge in [0.25, 0.3) is 5.91 Å². The summed E-state index contributed by atoms with van der Waals surface area (Å²) in [7, 11) is 0. The lowest BCUT2D eigenvalue weighted by molar-refractivity contribution is -0.143.